The largest absolute Gasteiger partial charge is 0.378 e. The first-order valence-corrected chi connectivity index (χ1v) is 10.6. The molecular weight excluding hydrogens is 444 g/mol. The summed E-state index contributed by atoms with van der Waals surface area (Å²) in [5.74, 6) is 7.36. The van der Waals surface area contributed by atoms with Crippen molar-refractivity contribution in [2.24, 2.45) is 5.73 Å². The van der Waals surface area contributed by atoms with Crippen molar-refractivity contribution in [3.63, 3.8) is 0 Å². The SMILES string of the molecule is Cc1cc(C#Cc2ccc(N3CCOCC3)nc2)cnc1-n1c(CC(CN)=C(F)F)n[nH]c1=O. The normalized spacial score (nSPS) is 13.4. The summed E-state index contributed by atoms with van der Waals surface area (Å²) < 4.78 is 32.6. The van der Waals surface area contributed by atoms with Gasteiger partial charge in [0.25, 0.3) is 6.08 Å². The zero-order chi connectivity index (χ0) is 24.1. The number of aromatic nitrogens is 5. The third-order valence-corrected chi connectivity index (χ3v) is 5.32. The van der Waals surface area contributed by atoms with Crippen molar-refractivity contribution in [1.82, 2.24) is 24.7 Å². The molecule has 0 radical (unpaired) electrons. The van der Waals surface area contributed by atoms with Gasteiger partial charge in [0.15, 0.2) is 0 Å². The summed E-state index contributed by atoms with van der Waals surface area (Å²) in [5, 5.41) is 6.14. The number of aryl methyl sites for hydroxylation is 1. The van der Waals surface area contributed by atoms with Crippen LogP contribution in [0.4, 0.5) is 14.6 Å². The molecule has 34 heavy (non-hydrogen) atoms. The van der Waals surface area contributed by atoms with Crippen LogP contribution in [0, 0.1) is 18.8 Å². The van der Waals surface area contributed by atoms with E-state index < -0.39 is 11.8 Å². The molecule has 3 aromatic rings. The van der Waals surface area contributed by atoms with E-state index in [2.05, 4.69) is 36.9 Å². The van der Waals surface area contributed by atoms with Gasteiger partial charge in [-0.3, -0.25) is 0 Å². The van der Waals surface area contributed by atoms with Crippen LogP contribution in [0.2, 0.25) is 0 Å². The Morgan fingerprint density at radius 1 is 1.18 bits per heavy atom. The maximum atomic E-state index is 13.0. The summed E-state index contributed by atoms with van der Waals surface area (Å²) in [7, 11) is 0. The first-order valence-electron chi connectivity index (χ1n) is 10.6. The number of anilines is 1. The first-order chi connectivity index (χ1) is 16.5. The Morgan fingerprint density at radius 3 is 2.56 bits per heavy atom. The molecule has 0 unspecified atom stereocenters. The minimum atomic E-state index is -1.88. The van der Waals surface area contributed by atoms with Crippen molar-refractivity contribution < 1.29 is 13.5 Å². The van der Waals surface area contributed by atoms with E-state index in [1.54, 1.807) is 19.2 Å². The molecule has 11 heteroatoms. The molecule has 0 saturated carbocycles. The number of pyridine rings is 2. The van der Waals surface area contributed by atoms with Crippen LogP contribution in [-0.4, -0.2) is 57.6 Å². The molecule has 1 aliphatic heterocycles. The van der Waals surface area contributed by atoms with Gasteiger partial charge in [0, 0.05) is 55.1 Å². The van der Waals surface area contributed by atoms with Gasteiger partial charge in [0.1, 0.15) is 17.5 Å². The standard InChI is InChI=1S/C23H23F2N7O2/c1-15-10-17(3-2-16-4-5-19(27-13-16)31-6-8-34-9-7-31)14-28-22(15)32-20(29-30-23(32)33)11-18(12-26)21(24)25/h4-5,10,13-14H,6-9,11-12,26H2,1H3,(H,30,33). The Labute approximate surface area is 194 Å². The molecule has 0 atom stereocenters. The summed E-state index contributed by atoms with van der Waals surface area (Å²) in [6.07, 6.45) is 1.08. The average Bonchev–Trinajstić information content (AvgIpc) is 3.21. The molecule has 1 aliphatic rings. The van der Waals surface area contributed by atoms with Gasteiger partial charge < -0.3 is 15.4 Å². The number of nitrogens with two attached hydrogens (primary N) is 1. The second kappa shape index (κ2) is 10.4. The number of aromatic amines is 1. The molecule has 4 heterocycles. The summed E-state index contributed by atoms with van der Waals surface area (Å²) in [6.45, 7) is 4.41. The second-order valence-corrected chi connectivity index (χ2v) is 7.64. The first kappa shape index (κ1) is 23.3. The Hall–Kier alpha value is -3.88. The summed E-state index contributed by atoms with van der Waals surface area (Å²) in [6, 6.07) is 5.60. The topological polar surface area (TPSA) is 115 Å². The van der Waals surface area contributed by atoms with Gasteiger partial charge in [-0.1, -0.05) is 11.8 Å². The Kier molecular flexibility index (Phi) is 7.10. The zero-order valence-electron chi connectivity index (χ0n) is 18.5. The summed E-state index contributed by atoms with van der Waals surface area (Å²) in [5.41, 5.74) is 6.53. The molecule has 0 spiro atoms. The van der Waals surface area contributed by atoms with Crippen molar-refractivity contribution in [2.75, 3.05) is 37.7 Å². The number of rotatable bonds is 5. The fourth-order valence-electron chi connectivity index (χ4n) is 3.53. The molecule has 3 N–H and O–H groups in total. The van der Waals surface area contributed by atoms with Crippen LogP contribution in [0.5, 0.6) is 0 Å². The van der Waals surface area contributed by atoms with Crippen molar-refractivity contribution in [3.8, 4) is 17.7 Å². The monoisotopic (exact) mass is 467 g/mol. The smallest absolute Gasteiger partial charge is 0.349 e. The van der Waals surface area contributed by atoms with Crippen LogP contribution in [0.25, 0.3) is 5.82 Å². The number of halogens is 2. The average molecular weight is 467 g/mol. The van der Waals surface area contributed by atoms with Crippen molar-refractivity contribution in [3.05, 3.63) is 75.2 Å². The van der Waals surface area contributed by atoms with Gasteiger partial charge in [0.05, 0.1) is 13.2 Å². The Bertz CT molecular complexity index is 1310. The van der Waals surface area contributed by atoms with Gasteiger partial charge in [-0.15, -0.1) is 0 Å². The van der Waals surface area contributed by atoms with Gasteiger partial charge in [-0.05, 0) is 30.7 Å². The van der Waals surface area contributed by atoms with Gasteiger partial charge >= 0.3 is 5.69 Å². The maximum Gasteiger partial charge on any atom is 0.349 e. The summed E-state index contributed by atoms with van der Waals surface area (Å²) in [4.78, 5) is 23.3. The molecule has 0 aliphatic carbocycles. The number of nitrogens with one attached hydrogen (secondary N) is 1. The highest BCUT2D eigenvalue weighted by atomic mass is 19.3. The molecule has 176 valence electrons. The van der Waals surface area contributed by atoms with Crippen LogP contribution < -0.4 is 16.3 Å². The molecular formula is C23H23F2N7O2. The molecule has 1 saturated heterocycles. The van der Waals surface area contributed by atoms with Gasteiger partial charge in [-0.2, -0.15) is 13.9 Å². The number of H-pyrrole nitrogens is 1. The van der Waals surface area contributed by atoms with Crippen LogP contribution in [0.3, 0.4) is 0 Å². The predicted molar refractivity (Wildman–Crippen MR) is 122 cm³/mol. The number of hydrogen-bond donors (Lipinski definition) is 2. The number of nitrogens with zero attached hydrogens (tertiary/aromatic N) is 5. The number of ether oxygens (including phenoxy) is 1. The highest BCUT2D eigenvalue weighted by molar-refractivity contribution is 5.48. The van der Waals surface area contributed by atoms with Crippen LogP contribution in [0.1, 0.15) is 22.5 Å². The fraction of sp³-hybridized carbons (Fsp3) is 0.304. The fourth-order valence-corrected chi connectivity index (χ4v) is 3.53. The second-order valence-electron chi connectivity index (χ2n) is 7.64. The molecule has 0 bridgehead atoms. The van der Waals surface area contributed by atoms with Crippen molar-refractivity contribution >= 4 is 5.82 Å². The molecule has 9 nitrogen and oxygen atoms in total. The highest BCUT2D eigenvalue weighted by Crippen LogP contribution is 2.17. The third-order valence-electron chi connectivity index (χ3n) is 5.32. The third kappa shape index (κ3) is 5.19. The number of morpholine rings is 1. The quantitative estimate of drug-likeness (QED) is 0.547. The lowest BCUT2D eigenvalue weighted by molar-refractivity contribution is 0.122. The van der Waals surface area contributed by atoms with Gasteiger partial charge in [-0.25, -0.2) is 24.4 Å². The minimum Gasteiger partial charge on any atom is -0.378 e. The van der Waals surface area contributed by atoms with Crippen molar-refractivity contribution in [1.29, 1.82) is 0 Å². The highest BCUT2D eigenvalue weighted by Gasteiger charge is 2.17. The van der Waals surface area contributed by atoms with E-state index in [1.165, 1.54) is 10.8 Å². The summed E-state index contributed by atoms with van der Waals surface area (Å²) >= 11 is 0. The van der Waals surface area contributed by atoms with Crippen LogP contribution in [-0.2, 0) is 11.2 Å². The Morgan fingerprint density at radius 2 is 1.91 bits per heavy atom. The zero-order valence-corrected chi connectivity index (χ0v) is 18.5. The van der Waals surface area contributed by atoms with E-state index in [9.17, 15) is 13.6 Å². The minimum absolute atomic E-state index is 0.0964. The van der Waals surface area contributed by atoms with Gasteiger partial charge in [0.2, 0.25) is 0 Å². The van der Waals surface area contributed by atoms with Crippen LogP contribution >= 0.6 is 0 Å². The number of hydrogen-bond acceptors (Lipinski definition) is 7. The van der Waals surface area contributed by atoms with Crippen molar-refractivity contribution in [2.45, 2.75) is 13.3 Å². The van der Waals surface area contributed by atoms with E-state index in [1.807, 2.05) is 12.1 Å². The molecule has 0 amide bonds. The van der Waals surface area contributed by atoms with E-state index in [-0.39, 0.29) is 30.2 Å². The lowest BCUT2D eigenvalue weighted by Crippen LogP contribution is -2.36. The molecule has 4 rings (SSSR count). The lowest BCUT2D eigenvalue weighted by Gasteiger charge is -2.27. The lowest BCUT2D eigenvalue weighted by atomic mass is 10.1. The molecule has 1 fully saturated rings. The maximum absolute atomic E-state index is 13.0. The Balaban J connectivity index is 1.54. The van der Waals surface area contributed by atoms with E-state index in [4.69, 9.17) is 10.5 Å². The van der Waals surface area contributed by atoms with E-state index >= 15 is 0 Å². The molecule has 3 aromatic heterocycles. The van der Waals surface area contributed by atoms with E-state index in [0.29, 0.717) is 24.3 Å². The predicted octanol–water partition coefficient (Wildman–Crippen LogP) is 1.55. The molecule has 0 aromatic carbocycles. The van der Waals surface area contributed by atoms with E-state index in [0.717, 1.165) is 24.5 Å². The van der Waals surface area contributed by atoms with Crippen LogP contribution in [0.15, 0.2) is 47.0 Å².